The largest absolute Gasteiger partial charge is 0.494 e. The molecule has 1 aliphatic carbocycles. The highest BCUT2D eigenvalue weighted by Gasteiger charge is 2.21. The standard InChI is InChI=1S/C15H23NO/c1-4-17-14-10-9-11(2)15-12(14)7-5-6-8-13(15)16-3/h9-10,13,16H,4-8H2,1-3H3. The molecule has 0 saturated carbocycles. The molecule has 2 heteroatoms. The number of ether oxygens (including phenoxy) is 1. The van der Waals surface area contributed by atoms with E-state index in [-0.39, 0.29) is 0 Å². The van der Waals surface area contributed by atoms with E-state index in [9.17, 15) is 0 Å². The third kappa shape index (κ3) is 2.47. The van der Waals surface area contributed by atoms with Gasteiger partial charge in [0.05, 0.1) is 6.61 Å². The normalized spacial score (nSPS) is 19.6. The Morgan fingerprint density at radius 2 is 2.18 bits per heavy atom. The lowest BCUT2D eigenvalue weighted by Crippen LogP contribution is -2.18. The highest BCUT2D eigenvalue weighted by molar-refractivity contribution is 5.47. The summed E-state index contributed by atoms with van der Waals surface area (Å²) in [6.45, 7) is 5.02. The van der Waals surface area contributed by atoms with Crippen LogP contribution in [-0.2, 0) is 6.42 Å². The lowest BCUT2D eigenvalue weighted by molar-refractivity contribution is 0.335. The average molecular weight is 233 g/mol. The van der Waals surface area contributed by atoms with E-state index in [0.717, 1.165) is 18.8 Å². The molecular weight excluding hydrogens is 210 g/mol. The molecule has 0 heterocycles. The molecule has 2 nitrogen and oxygen atoms in total. The molecule has 0 aromatic heterocycles. The van der Waals surface area contributed by atoms with Crippen LogP contribution in [0.2, 0.25) is 0 Å². The Kier molecular flexibility index (Phi) is 4.06. The molecule has 0 fully saturated rings. The molecule has 1 aliphatic rings. The maximum absolute atomic E-state index is 5.78. The van der Waals surface area contributed by atoms with Crippen LogP contribution in [0.25, 0.3) is 0 Å². The zero-order valence-corrected chi connectivity index (χ0v) is 11.2. The van der Waals surface area contributed by atoms with Crippen LogP contribution in [0, 0.1) is 6.92 Å². The second-order valence-corrected chi connectivity index (χ2v) is 4.79. The first-order valence-corrected chi connectivity index (χ1v) is 6.70. The van der Waals surface area contributed by atoms with Gasteiger partial charge in [-0.25, -0.2) is 0 Å². The highest BCUT2D eigenvalue weighted by Crippen LogP contribution is 2.36. The van der Waals surface area contributed by atoms with Gasteiger partial charge in [0.25, 0.3) is 0 Å². The van der Waals surface area contributed by atoms with E-state index in [1.807, 2.05) is 0 Å². The van der Waals surface area contributed by atoms with E-state index in [4.69, 9.17) is 4.74 Å². The van der Waals surface area contributed by atoms with Gasteiger partial charge in [-0.1, -0.05) is 12.5 Å². The van der Waals surface area contributed by atoms with E-state index >= 15 is 0 Å². The van der Waals surface area contributed by atoms with Gasteiger partial charge >= 0.3 is 0 Å². The lowest BCUT2D eigenvalue weighted by Gasteiger charge is -2.21. The Hall–Kier alpha value is -1.02. The summed E-state index contributed by atoms with van der Waals surface area (Å²) in [5, 5.41) is 3.45. The number of nitrogens with one attached hydrogen (secondary N) is 1. The summed E-state index contributed by atoms with van der Waals surface area (Å²) < 4.78 is 5.78. The minimum atomic E-state index is 0.493. The summed E-state index contributed by atoms with van der Waals surface area (Å²) in [5.41, 5.74) is 4.31. The summed E-state index contributed by atoms with van der Waals surface area (Å²) in [6.07, 6.45) is 4.96. The molecule has 0 amide bonds. The van der Waals surface area contributed by atoms with Crippen LogP contribution in [-0.4, -0.2) is 13.7 Å². The van der Waals surface area contributed by atoms with Crippen molar-refractivity contribution in [2.24, 2.45) is 0 Å². The summed E-state index contributed by atoms with van der Waals surface area (Å²) >= 11 is 0. The molecule has 17 heavy (non-hydrogen) atoms. The first-order chi connectivity index (χ1) is 8.27. The molecule has 2 rings (SSSR count). The Labute approximate surface area is 104 Å². The zero-order valence-electron chi connectivity index (χ0n) is 11.2. The van der Waals surface area contributed by atoms with E-state index in [1.165, 1.54) is 36.0 Å². The Balaban J connectivity index is 2.48. The Morgan fingerprint density at radius 3 is 2.88 bits per heavy atom. The summed E-state index contributed by atoms with van der Waals surface area (Å²) in [7, 11) is 2.06. The van der Waals surface area contributed by atoms with E-state index < -0.39 is 0 Å². The summed E-state index contributed by atoms with van der Waals surface area (Å²) in [5.74, 6) is 1.09. The van der Waals surface area contributed by atoms with Crippen molar-refractivity contribution in [1.29, 1.82) is 0 Å². The number of rotatable bonds is 3. The number of hydrogen-bond acceptors (Lipinski definition) is 2. The number of fused-ring (bicyclic) bond motifs is 1. The van der Waals surface area contributed by atoms with Crippen molar-refractivity contribution in [3.05, 3.63) is 28.8 Å². The van der Waals surface area contributed by atoms with Gasteiger partial charge in [0.2, 0.25) is 0 Å². The molecular formula is C15H23NO. The molecule has 0 aliphatic heterocycles. The molecule has 0 spiro atoms. The fourth-order valence-electron chi connectivity index (χ4n) is 2.88. The van der Waals surface area contributed by atoms with Gasteiger partial charge in [-0.15, -0.1) is 0 Å². The number of hydrogen-bond donors (Lipinski definition) is 1. The van der Waals surface area contributed by atoms with Crippen molar-refractivity contribution in [2.75, 3.05) is 13.7 Å². The van der Waals surface area contributed by atoms with E-state index in [0.29, 0.717) is 6.04 Å². The Bertz CT molecular complexity index is 387. The van der Waals surface area contributed by atoms with Gasteiger partial charge < -0.3 is 10.1 Å². The minimum Gasteiger partial charge on any atom is -0.494 e. The summed E-state index contributed by atoms with van der Waals surface area (Å²) in [4.78, 5) is 0. The molecule has 1 aromatic rings. The van der Waals surface area contributed by atoms with Crippen molar-refractivity contribution in [1.82, 2.24) is 5.32 Å². The van der Waals surface area contributed by atoms with Crippen molar-refractivity contribution in [2.45, 2.75) is 45.6 Å². The predicted molar refractivity (Wildman–Crippen MR) is 71.7 cm³/mol. The lowest BCUT2D eigenvalue weighted by atomic mass is 9.93. The van der Waals surface area contributed by atoms with Crippen LogP contribution in [0.5, 0.6) is 5.75 Å². The first kappa shape index (κ1) is 12.4. The maximum atomic E-state index is 5.78. The van der Waals surface area contributed by atoms with Crippen molar-refractivity contribution >= 4 is 0 Å². The third-order valence-corrected chi connectivity index (χ3v) is 3.70. The molecule has 0 radical (unpaired) electrons. The van der Waals surface area contributed by atoms with Crippen LogP contribution in [0.3, 0.4) is 0 Å². The van der Waals surface area contributed by atoms with Gasteiger partial charge in [0.1, 0.15) is 5.75 Å². The zero-order chi connectivity index (χ0) is 12.3. The van der Waals surface area contributed by atoms with E-state index in [1.54, 1.807) is 0 Å². The van der Waals surface area contributed by atoms with Crippen molar-refractivity contribution in [3.63, 3.8) is 0 Å². The molecule has 1 unspecified atom stereocenters. The van der Waals surface area contributed by atoms with Crippen LogP contribution in [0.4, 0.5) is 0 Å². The second-order valence-electron chi connectivity index (χ2n) is 4.79. The SMILES string of the molecule is CCOc1ccc(C)c2c1CCCCC2NC. The smallest absolute Gasteiger partial charge is 0.122 e. The van der Waals surface area contributed by atoms with Crippen molar-refractivity contribution < 1.29 is 4.74 Å². The monoisotopic (exact) mass is 233 g/mol. The van der Waals surface area contributed by atoms with Crippen LogP contribution >= 0.6 is 0 Å². The summed E-state index contributed by atoms with van der Waals surface area (Å²) in [6, 6.07) is 4.82. The topological polar surface area (TPSA) is 21.3 Å². The van der Waals surface area contributed by atoms with Gasteiger partial charge in [-0.2, -0.15) is 0 Å². The molecule has 0 bridgehead atoms. The number of benzene rings is 1. The first-order valence-electron chi connectivity index (χ1n) is 6.70. The van der Waals surface area contributed by atoms with Gasteiger partial charge in [0.15, 0.2) is 0 Å². The van der Waals surface area contributed by atoms with Crippen molar-refractivity contribution in [3.8, 4) is 5.75 Å². The fourth-order valence-corrected chi connectivity index (χ4v) is 2.88. The molecule has 1 aromatic carbocycles. The molecule has 1 N–H and O–H groups in total. The van der Waals surface area contributed by atoms with Gasteiger partial charge in [-0.05, 0) is 62.9 Å². The molecule has 1 atom stereocenters. The third-order valence-electron chi connectivity index (χ3n) is 3.70. The van der Waals surface area contributed by atoms with Gasteiger partial charge in [0, 0.05) is 6.04 Å². The van der Waals surface area contributed by atoms with E-state index in [2.05, 4.69) is 38.3 Å². The van der Waals surface area contributed by atoms with Crippen LogP contribution in [0.1, 0.15) is 48.9 Å². The second kappa shape index (κ2) is 5.54. The number of aryl methyl sites for hydroxylation is 1. The maximum Gasteiger partial charge on any atom is 0.122 e. The minimum absolute atomic E-state index is 0.493. The quantitative estimate of drug-likeness (QED) is 0.808. The molecule has 0 saturated heterocycles. The average Bonchev–Trinajstić information content (AvgIpc) is 2.55. The predicted octanol–water partition coefficient (Wildman–Crippen LogP) is 3.38. The Morgan fingerprint density at radius 1 is 1.35 bits per heavy atom. The van der Waals surface area contributed by atoms with Crippen LogP contribution in [0.15, 0.2) is 12.1 Å². The fraction of sp³-hybridized carbons (Fsp3) is 0.600. The van der Waals surface area contributed by atoms with Crippen LogP contribution < -0.4 is 10.1 Å². The van der Waals surface area contributed by atoms with Gasteiger partial charge in [-0.3, -0.25) is 0 Å². The highest BCUT2D eigenvalue weighted by atomic mass is 16.5. The molecule has 94 valence electrons.